The molecule has 0 fully saturated rings. The number of nitrogen functional groups attached to an aromatic ring is 2. The van der Waals surface area contributed by atoms with E-state index in [1.54, 1.807) is 18.2 Å². The van der Waals surface area contributed by atoms with E-state index in [0.717, 1.165) is 0 Å². The molecule has 0 unspecified atom stereocenters. The van der Waals surface area contributed by atoms with E-state index in [9.17, 15) is 0 Å². The van der Waals surface area contributed by atoms with E-state index < -0.39 is 0 Å². The first-order chi connectivity index (χ1) is 4.79. The van der Waals surface area contributed by atoms with Crippen molar-refractivity contribution in [2.45, 2.75) is 13.8 Å². The van der Waals surface area contributed by atoms with Crippen LogP contribution in [0.4, 0.5) is 11.6 Å². The Morgan fingerprint density at radius 3 is 1.70 bits per heavy atom. The number of aromatic nitrogens is 1. The smallest absolute Gasteiger partial charge is 0.125 e. The van der Waals surface area contributed by atoms with Crippen LogP contribution in [0.3, 0.4) is 0 Å². The molecule has 0 bridgehead atoms. The molecule has 0 aliphatic carbocycles. The Bertz CT molecular complexity index is 169. The standard InChI is InChI=1S/C5H7N3.C2H6/c6-4-2-1-3-5(7)8-4;1-2/h1-3H,(H4,6,7,8);1-2H3. The first-order valence-electron chi connectivity index (χ1n) is 3.27. The predicted molar refractivity (Wildman–Crippen MR) is 44.4 cm³/mol. The van der Waals surface area contributed by atoms with Crippen LogP contribution < -0.4 is 11.5 Å². The summed E-state index contributed by atoms with van der Waals surface area (Å²) in [4.78, 5) is 3.73. The van der Waals surface area contributed by atoms with E-state index >= 15 is 0 Å². The van der Waals surface area contributed by atoms with Gasteiger partial charge in [-0.1, -0.05) is 19.9 Å². The first-order valence-corrected chi connectivity index (χ1v) is 3.27. The van der Waals surface area contributed by atoms with Crippen molar-refractivity contribution in [1.82, 2.24) is 4.98 Å². The summed E-state index contributed by atoms with van der Waals surface area (Å²) in [6, 6.07) is 5.14. The second-order valence-electron chi connectivity index (χ2n) is 1.49. The van der Waals surface area contributed by atoms with Crippen LogP contribution in [-0.2, 0) is 0 Å². The van der Waals surface area contributed by atoms with Gasteiger partial charge in [0.05, 0.1) is 0 Å². The van der Waals surface area contributed by atoms with Crippen molar-refractivity contribution in [2.75, 3.05) is 11.5 Å². The zero-order valence-electron chi connectivity index (χ0n) is 6.33. The Balaban J connectivity index is 0.000000371. The molecule has 1 rings (SSSR count). The van der Waals surface area contributed by atoms with Crippen LogP contribution in [0.2, 0.25) is 0 Å². The maximum absolute atomic E-state index is 5.27. The number of nitrogens with two attached hydrogens (primary N) is 2. The summed E-state index contributed by atoms with van der Waals surface area (Å²) in [6.45, 7) is 4.00. The monoisotopic (exact) mass is 139 g/mol. The van der Waals surface area contributed by atoms with E-state index in [-0.39, 0.29) is 0 Å². The van der Waals surface area contributed by atoms with Gasteiger partial charge in [0.2, 0.25) is 0 Å². The fourth-order valence-corrected chi connectivity index (χ4v) is 0.469. The Labute approximate surface area is 61.1 Å². The summed E-state index contributed by atoms with van der Waals surface area (Å²) >= 11 is 0. The van der Waals surface area contributed by atoms with E-state index in [4.69, 9.17) is 11.5 Å². The lowest BCUT2D eigenvalue weighted by atomic mass is 10.4. The fraction of sp³-hybridized carbons (Fsp3) is 0.286. The predicted octanol–water partition coefficient (Wildman–Crippen LogP) is 1.27. The first kappa shape index (κ1) is 8.75. The molecule has 4 N–H and O–H groups in total. The van der Waals surface area contributed by atoms with Gasteiger partial charge in [0, 0.05) is 0 Å². The number of rotatable bonds is 0. The SMILES string of the molecule is CC.Nc1cccc(N)n1. The highest BCUT2D eigenvalue weighted by Crippen LogP contribution is 1.99. The molecule has 0 spiro atoms. The molecule has 1 heterocycles. The molecule has 0 aromatic carbocycles. The molecule has 3 heteroatoms. The van der Waals surface area contributed by atoms with Gasteiger partial charge in [0.1, 0.15) is 11.6 Å². The van der Waals surface area contributed by atoms with E-state index in [1.165, 1.54) is 0 Å². The highest BCUT2D eigenvalue weighted by atomic mass is 14.9. The third kappa shape index (κ3) is 2.91. The quantitative estimate of drug-likeness (QED) is 0.569. The van der Waals surface area contributed by atoms with Gasteiger partial charge in [-0.3, -0.25) is 0 Å². The van der Waals surface area contributed by atoms with Gasteiger partial charge in [-0.25, -0.2) is 4.98 Å². The van der Waals surface area contributed by atoms with Crippen LogP contribution in [0, 0.1) is 0 Å². The molecular formula is C7H13N3. The largest absolute Gasteiger partial charge is 0.384 e. The van der Waals surface area contributed by atoms with Gasteiger partial charge in [-0.15, -0.1) is 0 Å². The Morgan fingerprint density at radius 1 is 1.10 bits per heavy atom. The van der Waals surface area contributed by atoms with Crippen molar-refractivity contribution in [3.05, 3.63) is 18.2 Å². The van der Waals surface area contributed by atoms with Crippen LogP contribution in [-0.4, -0.2) is 4.98 Å². The molecule has 10 heavy (non-hydrogen) atoms. The molecule has 0 atom stereocenters. The highest BCUT2D eigenvalue weighted by Gasteiger charge is 1.83. The van der Waals surface area contributed by atoms with Gasteiger partial charge >= 0.3 is 0 Å². The van der Waals surface area contributed by atoms with Crippen LogP contribution in [0.1, 0.15) is 13.8 Å². The minimum absolute atomic E-state index is 0.463. The van der Waals surface area contributed by atoms with E-state index in [1.807, 2.05) is 13.8 Å². The van der Waals surface area contributed by atoms with Crippen molar-refractivity contribution >= 4 is 11.6 Å². The Morgan fingerprint density at radius 2 is 1.50 bits per heavy atom. The van der Waals surface area contributed by atoms with Crippen LogP contribution >= 0.6 is 0 Å². The summed E-state index contributed by atoms with van der Waals surface area (Å²) in [5, 5.41) is 0. The van der Waals surface area contributed by atoms with E-state index in [2.05, 4.69) is 4.98 Å². The molecule has 3 nitrogen and oxygen atoms in total. The molecule has 0 radical (unpaired) electrons. The number of nitrogens with zero attached hydrogens (tertiary/aromatic N) is 1. The summed E-state index contributed by atoms with van der Waals surface area (Å²) in [5.41, 5.74) is 10.5. The molecule has 0 aliphatic heterocycles. The fourth-order valence-electron chi connectivity index (χ4n) is 0.469. The van der Waals surface area contributed by atoms with E-state index in [0.29, 0.717) is 11.6 Å². The lowest BCUT2D eigenvalue weighted by Crippen LogP contribution is -1.93. The summed E-state index contributed by atoms with van der Waals surface area (Å²) in [6.07, 6.45) is 0. The lowest BCUT2D eigenvalue weighted by Gasteiger charge is -1.90. The maximum atomic E-state index is 5.27. The van der Waals surface area contributed by atoms with Crippen molar-refractivity contribution < 1.29 is 0 Å². The molecule has 0 amide bonds. The van der Waals surface area contributed by atoms with Crippen LogP contribution in [0.5, 0.6) is 0 Å². The summed E-state index contributed by atoms with van der Waals surface area (Å²) in [5.74, 6) is 0.926. The molecule has 0 aliphatic rings. The summed E-state index contributed by atoms with van der Waals surface area (Å²) < 4.78 is 0. The Kier molecular flexibility index (Phi) is 4.04. The Hall–Kier alpha value is -1.25. The van der Waals surface area contributed by atoms with Gasteiger partial charge in [-0.05, 0) is 12.1 Å². The number of hydrogen-bond acceptors (Lipinski definition) is 3. The zero-order chi connectivity index (χ0) is 7.98. The van der Waals surface area contributed by atoms with Gasteiger partial charge < -0.3 is 11.5 Å². The van der Waals surface area contributed by atoms with Crippen molar-refractivity contribution in [2.24, 2.45) is 0 Å². The van der Waals surface area contributed by atoms with Crippen molar-refractivity contribution in [1.29, 1.82) is 0 Å². The minimum atomic E-state index is 0.463. The number of anilines is 2. The lowest BCUT2D eigenvalue weighted by molar-refractivity contribution is 1.34. The topological polar surface area (TPSA) is 64.9 Å². The van der Waals surface area contributed by atoms with Gasteiger partial charge in [-0.2, -0.15) is 0 Å². The second-order valence-corrected chi connectivity index (χ2v) is 1.49. The van der Waals surface area contributed by atoms with Gasteiger partial charge in [0.25, 0.3) is 0 Å². The van der Waals surface area contributed by atoms with Gasteiger partial charge in [0.15, 0.2) is 0 Å². The highest BCUT2D eigenvalue weighted by molar-refractivity contribution is 5.37. The second kappa shape index (κ2) is 4.61. The molecule has 56 valence electrons. The molecular weight excluding hydrogens is 126 g/mol. The number of hydrogen-bond donors (Lipinski definition) is 2. The third-order valence-electron chi connectivity index (χ3n) is 0.792. The minimum Gasteiger partial charge on any atom is -0.384 e. The molecule has 0 saturated heterocycles. The average molecular weight is 139 g/mol. The molecule has 0 saturated carbocycles. The maximum Gasteiger partial charge on any atom is 0.125 e. The number of pyridine rings is 1. The normalized spacial score (nSPS) is 7.80. The van der Waals surface area contributed by atoms with Crippen molar-refractivity contribution in [3.63, 3.8) is 0 Å². The summed E-state index contributed by atoms with van der Waals surface area (Å²) in [7, 11) is 0. The molecule has 1 aromatic rings. The zero-order valence-corrected chi connectivity index (χ0v) is 6.33. The van der Waals surface area contributed by atoms with Crippen LogP contribution in [0.15, 0.2) is 18.2 Å². The molecule has 1 aromatic heterocycles. The average Bonchev–Trinajstić information content (AvgIpc) is 1.91. The van der Waals surface area contributed by atoms with Crippen LogP contribution in [0.25, 0.3) is 0 Å². The third-order valence-corrected chi connectivity index (χ3v) is 0.792. The van der Waals surface area contributed by atoms with Crippen molar-refractivity contribution in [3.8, 4) is 0 Å².